The molecule has 5 nitrogen and oxygen atoms in total. The molecule has 1 aliphatic rings. The van der Waals surface area contributed by atoms with Gasteiger partial charge in [-0.05, 0) is 43.0 Å². The van der Waals surface area contributed by atoms with Crippen LogP contribution in [0.1, 0.15) is 37.3 Å². The number of piperidine rings is 1. The molecule has 0 aliphatic carbocycles. The summed E-state index contributed by atoms with van der Waals surface area (Å²) >= 11 is 0. The molecule has 1 fully saturated rings. The van der Waals surface area contributed by atoms with E-state index in [-0.39, 0.29) is 29.9 Å². The van der Waals surface area contributed by atoms with Crippen molar-refractivity contribution in [1.29, 1.82) is 0 Å². The summed E-state index contributed by atoms with van der Waals surface area (Å²) in [5.74, 6) is 1.03. The maximum absolute atomic E-state index is 12.0. The Morgan fingerprint density at radius 1 is 1.00 bits per heavy atom. The van der Waals surface area contributed by atoms with Crippen LogP contribution in [0.3, 0.4) is 0 Å². The van der Waals surface area contributed by atoms with Crippen molar-refractivity contribution >= 4 is 41.5 Å². The van der Waals surface area contributed by atoms with Crippen LogP contribution in [0.15, 0.2) is 59.6 Å². The number of benzene rings is 2. The first-order chi connectivity index (χ1) is 13.3. The van der Waals surface area contributed by atoms with Crippen LogP contribution in [0.25, 0.3) is 0 Å². The van der Waals surface area contributed by atoms with Crippen molar-refractivity contribution in [2.45, 2.75) is 39.3 Å². The van der Waals surface area contributed by atoms with Gasteiger partial charge in [0.1, 0.15) is 0 Å². The van der Waals surface area contributed by atoms with Crippen molar-refractivity contribution in [3.05, 3.63) is 65.7 Å². The molecule has 0 atom stereocenters. The molecule has 0 spiro atoms. The second kappa shape index (κ2) is 11.7. The largest absolute Gasteiger partial charge is 0.357 e. The van der Waals surface area contributed by atoms with Gasteiger partial charge in [-0.3, -0.25) is 4.79 Å². The van der Waals surface area contributed by atoms with Crippen LogP contribution < -0.4 is 15.5 Å². The van der Waals surface area contributed by atoms with E-state index in [4.69, 9.17) is 0 Å². The summed E-state index contributed by atoms with van der Waals surface area (Å²) < 4.78 is 0. The van der Waals surface area contributed by atoms with Crippen LogP contribution in [0.5, 0.6) is 0 Å². The van der Waals surface area contributed by atoms with Gasteiger partial charge in [0.15, 0.2) is 5.96 Å². The molecule has 2 aromatic carbocycles. The number of anilines is 1. The lowest BCUT2D eigenvalue weighted by atomic mass is 10.1. The Balaban J connectivity index is 0.00000280. The molecule has 1 aliphatic heterocycles. The molecule has 0 radical (unpaired) electrons. The third kappa shape index (κ3) is 6.51. The highest BCUT2D eigenvalue weighted by Gasteiger charge is 2.19. The second-order valence-electron chi connectivity index (χ2n) is 6.70. The standard InChI is InChI=1S/C22H28N4O.HI/c1-2-23-22(24-16-18-8-4-3-5-9-18)25-17-19-11-13-20(14-12-19)26-15-7-6-10-21(26)27;/h3-5,8-9,11-14H,2,6-7,10,15-17H2,1H3,(H2,23,24,25);1H. The van der Waals surface area contributed by atoms with Gasteiger partial charge in [-0.2, -0.15) is 0 Å². The highest BCUT2D eigenvalue weighted by Crippen LogP contribution is 2.21. The topological polar surface area (TPSA) is 56.7 Å². The van der Waals surface area contributed by atoms with E-state index in [1.54, 1.807) is 0 Å². The minimum absolute atomic E-state index is 0. The number of amides is 1. The smallest absolute Gasteiger partial charge is 0.226 e. The summed E-state index contributed by atoms with van der Waals surface area (Å²) in [6.07, 6.45) is 2.75. The van der Waals surface area contributed by atoms with E-state index < -0.39 is 0 Å². The van der Waals surface area contributed by atoms with E-state index in [9.17, 15) is 4.79 Å². The van der Waals surface area contributed by atoms with Gasteiger partial charge in [-0.25, -0.2) is 4.99 Å². The van der Waals surface area contributed by atoms with Gasteiger partial charge in [0, 0.05) is 31.7 Å². The zero-order valence-electron chi connectivity index (χ0n) is 16.4. The monoisotopic (exact) mass is 492 g/mol. The molecule has 28 heavy (non-hydrogen) atoms. The maximum Gasteiger partial charge on any atom is 0.226 e. The van der Waals surface area contributed by atoms with Crippen molar-refractivity contribution in [3.8, 4) is 0 Å². The van der Waals surface area contributed by atoms with E-state index in [0.29, 0.717) is 19.5 Å². The lowest BCUT2D eigenvalue weighted by molar-refractivity contribution is -0.119. The van der Waals surface area contributed by atoms with E-state index in [1.165, 1.54) is 5.56 Å². The minimum atomic E-state index is 0. The molecule has 0 aromatic heterocycles. The van der Waals surface area contributed by atoms with E-state index in [1.807, 2.05) is 35.2 Å². The number of hydrogen-bond acceptors (Lipinski definition) is 2. The maximum atomic E-state index is 12.0. The number of halogens is 1. The van der Waals surface area contributed by atoms with Gasteiger partial charge >= 0.3 is 0 Å². The Bertz CT molecular complexity index is 762. The van der Waals surface area contributed by atoms with Crippen LogP contribution in [0.2, 0.25) is 0 Å². The number of aliphatic imine (C=N–C) groups is 1. The van der Waals surface area contributed by atoms with Crippen LogP contribution >= 0.6 is 24.0 Å². The number of nitrogens with zero attached hydrogens (tertiary/aromatic N) is 2. The van der Waals surface area contributed by atoms with E-state index in [0.717, 1.165) is 43.1 Å². The third-order valence-corrected chi connectivity index (χ3v) is 4.64. The molecule has 6 heteroatoms. The highest BCUT2D eigenvalue weighted by atomic mass is 127. The zero-order chi connectivity index (χ0) is 18.9. The number of carbonyl (C=O) groups excluding carboxylic acids is 1. The first kappa shape index (κ1) is 22.2. The number of rotatable bonds is 6. The molecular weight excluding hydrogens is 463 g/mol. The molecule has 0 saturated carbocycles. The first-order valence-electron chi connectivity index (χ1n) is 9.71. The Kier molecular flexibility index (Phi) is 9.27. The summed E-state index contributed by atoms with van der Waals surface area (Å²) in [6, 6.07) is 18.4. The lowest BCUT2D eigenvalue weighted by Gasteiger charge is -2.26. The Morgan fingerprint density at radius 3 is 2.43 bits per heavy atom. The summed E-state index contributed by atoms with van der Waals surface area (Å²) in [6.45, 7) is 5.04. The summed E-state index contributed by atoms with van der Waals surface area (Å²) in [4.78, 5) is 18.6. The molecule has 3 rings (SSSR count). The Labute approximate surface area is 184 Å². The van der Waals surface area contributed by atoms with Crippen LogP contribution in [0, 0.1) is 0 Å². The number of nitrogens with one attached hydrogen (secondary N) is 2. The van der Waals surface area contributed by atoms with Gasteiger partial charge in [0.05, 0.1) is 6.54 Å². The van der Waals surface area contributed by atoms with Gasteiger partial charge in [0.25, 0.3) is 0 Å². The zero-order valence-corrected chi connectivity index (χ0v) is 18.7. The van der Waals surface area contributed by atoms with E-state index in [2.05, 4.69) is 46.8 Å². The fourth-order valence-corrected chi connectivity index (χ4v) is 3.15. The fourth-order valence-electron chi connectivity index (χ4n) is 3.15. The quantitative estimate of drug-likeness (QED) is 0.363. The normalized spacial score (nSPS) is 14.4. The molecule has 2 N–H and O–H groups in total. The molecule has 0 unspecified atom stereocenters. The summed E-state index contributed by atoms with van der Waals surface area (Å²) in [5.41, 5.74) is 3.34. The Hall–Kier alpha value is -2.09. The van der Waals surface area contributed by atoms with Crippen LogP contribution in [-0.2, 0) is 17.9 Å². The molecule has 1 saturated heterocycles. The van der Waals surface area contributed by atoms with Crippen molar-refractivity contribution in [3.63, 3.8) is 0 Å². The predicted octanol–water partition coefficient (Wildman–Crippen LogP) is 4.08. The predicted molar refractivity (Wildman–Crippen MR) is 126 cm³/mol. The fraction of sp³-hybridized carbons (Fsp3) is 0.364. The van der Waals surface area contributed by atoms with Gasteiger partial charge in [-0.15, -0.1) is 24.0 Å². The summed E-state index contributed by atoms with van der Waals surface area (Å²) in [7, 11) is 0. The molecule has 150 valence electrons. The van der Waals surface area contributed by atoms with Crippen molar-refractivity contribution in [2.75, 3.05) is 18.0 Å². The van der Waals surface area contributed by atoms with Gasteiger partial charge < -0.3 is 15.5 Å². The third-order valence-electron chi connectivity index (χ3n) is 4.64. The van der Waals surface area contributed by atoms with E-state index >= 15 is 0 Å². The molecule has 1 amide bonds. The highest BCUT2D eigenvalue weighted by molar-refractivity contribution is 14.0. The molecule has 0 bridgehead atoms. The number of carbonyl (C=O) groups is 1. The lowest BCUT2D eigenvalue weighted by Crippen LogP contribution is -2.37. The van der Waals surface area contributed by atoms with Gasteiger partial charge in [0.2, 0.25) is 5.91 Å². The summed E-state index contributed by atoms with van der Waals surface area (Å²) in [5, 5.41) is 6.65. The second-order valence-corrected chi connectivity index (χ2v) is 6.70. The van der Waals surface area contributed by atoms with Crippen LogP contribution in [0.4, 0.5) is 5.69 Å². The molecular formula is C22H29IN4O. The first-order valence-corrected chi connectivity index (χ1v) is 9.71. The minimum Gasteiger partial charge on any atom is -0.357 e. The molecule has 2 aromatic rings. The average Bonchev–Trinajstić information content (AvgIpc) is 2.72. The van der Waals surface area contributed by atoms with Crippen LogP contribution in [-0.4, -0.2) is 25.0 Å². The van der Waals surface area contributed by atoms with Crippen molar-refractivity contribution in [1.82, 2.24) is 10.6 Å². The Morgan fingerprint density at radius 2 is 1.75 bits per heavy atom. The van der Waals surface area contributed by atoms with Crippen molar-refractivity contribution < 1.29 is 4.79 Å². The van der Waals surface area contributed by atoms with Gasteiger partial charge in [-0.1, -0.05) is 42.5 Å². The average molecular weight is 492 g/mol. The SMILES string of the molecule is CCNC(=NCc1ccccc1)NCc1ccc(N2CCCCC2=O)cc1.I. The number of hydrogen-bond donors (Lipinski definition) is 2. The molecule has 1 heterocycles. The number of guanidine groups is 1. The van der Waals surface area contributed by atoms with Crippen molar-refractivity contribution in [2.24, 2.45) is 4.99 Å².